The minimum Gasteiger partial charge on any atom is -0.400 e. The molecule has 0 saturated heterocycles. The van der Waals surface area contributed by atoms with Gasteiger partial charge in [-0.3, -0.25) is 0 Å². The molecular weight excluding hydrogens is 290 g/mol. The molecule has 0 unspecified atom stereocenters. The maximum absolute atomic E-state index is 14.4. The van der Waals surface area contributed by atoms with Crippen LogP contribution in [0.25, 0.3) is 0 Å². The van der Waals surface area contributed by atoms with E-state index in [4.69, 9.17) is 4.84 Å². The molecule has 6 heteroatoms. The van der Waals surface area contributed by atoms with Gasteiger partial charge in [-0.15, -0.1) is 5.10 Å². The average Bonchev–Trinajstić information content (AvgIpc) is 2.96. The van der Waals surface area contributed by atoms with Crippen LogP contribution in [0.15, 0.2) is 42.6 Å². The van der Waals surface area contributed by atoms with Crippen LogP contribution in [0.5, 0.6) is 0 Å². The van der Waals surface area contributed by atoms with Gasteiger partial charge in [-0.2, -0.15) is 8.78 Å². The number of nitrogens with zero attached hydrogens (tertiary/aromatic N) is 2. The highest BCUT2D eigenvalue weighted by molar-refractivity contribution is 6.89. The molecule has 1 aromatic heterocycles. The fourth-order valence-corrected chi connectivity index (χ4v) is 4.65. The summed E-state index contributed by atoms with van der Waals surface area (Å²) >= 11 is 0. The molecule has 0 fully saturated rings. The molecule has 0 aliphatic carbocycles. The van der Waals surface area contributed by atoms with Gasteiger partial charge < -0.3 is 4.84 Å². The van der Waals surface area contributed by atoms with Gasteiger partial charge in [-0.25, -0.2) is 0 Å². The zero-order valence-corrected chi connectivity index (χ0v) is 13.5. The summed E-state index contributed by atoms with van der Waals surface area (Å²) in [6, 6.07) is 11.7. The minimum atomic E-state index is -2.94. The summed E-state index contributed by atoms with van der Waals surface area (Å²) in [7, 11) is -0.551. The summed E-state index contributed by atoms with van der Waals surface area (Å²) in [6.45, 7) is 4.23. The van der Waals surface area contributed by atoms with Crippen LogP contribution in [-0.2, 0) is 5.92 Å². The Morgan fingerprint density at radius 2 is 1.86 bits per heavy atom. The second-order valence-corrected chi connectivity index (χ2v) is 10.6. The Hall–Kier alpha value is -1.69. The quantitative estimate of drug-likeness (QED) is 0.767. The first-order chi connectivity index (χ1) is 9.87. The van der Waals surface area contributed by atoms with Crippen LogP contribution in [0.3, 0.4) is 0 Å². The summed E-state index contributed by atoms with van der Waals surface area (Å²) in [4.78, 5) is 5.71. The van der Waals surface area contributed by atoms with Gasteiger partial charge in [0, 0.05) is 6.42 Å². The van der Waals surface area contributed by atoms with Crippen LogP contribution in [0.1, 0.15) is 12.1 Å². The predicted octanol–water partition coefficient (Wildman–Crippen LogP) is 3.04. The van der Waals surface area contributed by atoms with Crippen LogP contribution >= 0.6 is 0 Å². The van der Waals surface area contributed by atoms with Crippen LogP contribution in [-0.4, -0.2) is 25.1 Å². The van der Waals surface area contributed by atoms with Crippen LogP contribution < -0.4 is 10.0 Å². The SMILES string of the molecule is COn1nccc1C(F)(F)CC[Si](C)(C)c1ccccc1. The standard InChI is InChI=1S/C15H20F2N2OSi/c1-20-19-14(9-11-18-19)15(16,17)10-12-21(2,3)13-7-5-4-6-8-13/h4-9,11H,10,12H2,1-3H3. The summed E-state index contributed by atoms with van der Waals surface area (Å²) in [5.41, 5.74) is -0.192. The van der Waals surface area contributed by atoms with Crippen molar-refractivity contribution in [1.82, 2.24) is 9.94 Å². The summed E-state index contributed by atoms with van der Waals surface area (Å²) in [5, 5.41) is 4.92. The van der Waals surface area contributed by atoms with E-state index in [-0.39, 0.29) is 12.1 Å². The van der Waals surface area contributed by atoms with E-state index in [0.717, 1.165) is 4.85 Å². The molecule has 2 rings (SSSR count). The lowest BCUT2D eigenvalue weighted by Gasteiger charge is -2.26. The molecule has 0 radical (unpaired) electrons. The van der Waals surface area contributed by atoms with E-state index >= 15 is 0 Å². The monoisotopic (exact) mass is 310 g/mol. The second kappa shape index (κ2) is 5.97. The number of hydrogen-bond donors (Lipinski definition) is 0. The normalized spacial score (nSPS) is 12.4. The van der Waals surface area contributed by atoms with Gasteiger partial charge in [0.15, 0.2) is 0 Å². The fourth-order valence-electron chi connectivity index (χ4n) is 2.33. The lowest BCUT2D eigenvalue weighted by Crippen LogP contribution is -2.42. The third-order valence-corrected chi connectivity index (χ3v) is 7.17. The van der Waals surface area contributed by atoms with Crippen molar-refractivity contribution in [3.8, 4) is 0 Å². The number of rotatable bonds is 6. The summed E-state index contributed by atoms with van der Waals surface area (Å²) < 4.78 is 28.7. The molecular formula is C15H20F2N2OSi. The molecule has 0 spiro atoms. The van der Waals surface area contributed by atoms with E-state index in [9.17, 15) is 8.78 Å². The third-order valence-electron chi connectivity index (χ3n) is 3.78. The Bertz CT molecular complexity index is 584. The molecule has 0 atom stereocenters. The fraction of sp³-hybridized carbons (Fsp3) is 0.400. The van der Waals surface area contributed by atoms with Crippen molar-refractivity contribution in [3.63, 3.8) is 0 Å². The first-order valence-electron chi connectivity index (χ1n) is 6.89. The van der Waals surface area contributed by atoms with Crippen LogP contribution in [0.4, 0.5) is 8.78 Å². The maximum Gasteiger partial charge on any atom is 0.292 e. The van der Waals surface area contributed by atoms with Crippen molar-refractivity contribution < 1.29 is 13.6 Å². The van der Waals surface area contributed by atoms with Gasteiger partial charge >= 0.3 is 0 Å². The van der Waals surface area contributed by atoms with Crippen molar-refractivity contribution in [2.45, 2.75) is 31.5 Å². The number of alkyl halides is 2. The van der Waals surface area contributed by atoms with Crippen molar-refractivity contribution in [2.24, 2.45) is 0 Å². The summed E-state index contributed by atoms with van der Waals surface area (Å²) in [6.07, 6.45) is 1.13. The molecule has 0 aliphatic heterocycles. The van der Waals surface area contributed by atoms with E-state index < -0.39 is 14.0 Å². The smallest absolute Gasteiger partial charge is 0.292 e. The zero-order valence-electron chi connectivity index (χ0n) is 12.5. The lowest BCUT2D eigenvalue weighted by atomic mass is 10.2. The first-order valence-corrected chi connectivity index (χ1v) is 10.1. The lowest BCUT2D eigenvalue weighted by molar-refractivity contribution is -0.0361. The molecule has 0 N–H and O–H groups in total. The highest BCUT2D eigenvalue weighted by Crippen LogP contribution is 2.34. The van der Waals surface area contributed by atoms with Gasteiger partial charge in [0.25, 0.3) is 5.92 Å². The second-order valence-electron chi connectivity index (χ2n) is 5.73. The topological polar surface area (TPSA) is 27.1 Å². The molecule has 3 nitrogen and oxygen atoms in total. The van der Waals surface area contributed by atoms with E-state index in [1.807, 2.05) is 30.3 Å². The highest BCUT2D eigenvalue weighted by Gasteiger charge is 2.38. The molecule has 2 aromatic rings. The molecule has 0 saturated carbocycles. The molecule has 114 valence electrons. The zero-order chi connectivity index (χ0) is 15.5. The average molecular weight is 310 g/mol. The van der Waals surface area contributed by atoms with E-state index in [0.29, 0.717) is 6.04 Å². The maximum atomic E-state index is 14.4. The molecule has 0 amide bonds. The highest BCUT2D eigenvalue weighted by atomic mass is 28.3. The Kier molecular flexibility index (Phi) is 4.46. The third kappa shape index (κ3) is 3.50. The van der Waals surface area contributed by atoms with Gasteiger partial charge in [0.2, 0.25) is 0 Å². The number of benzene rings is 1. The van der Waals surface area contributed by atoms with E-state index in [1.54, 1.807) is 0 Å². The molecule has 1 heterocycles. The predicted molar refractivity (Wildman–Crippen MR) is 81.6 cm³/mol. The molecule has 0 bridgehead atoms. The Morgan fingerprint density at radius 3 is 2.48 bits per heavy atom. The van der Waals surface area contributed by atoms with Crippen molar-refractivity contribution in [3.05, 3.63) is 48.3 Å². The number of halogens is 2. The Balaban J connectivity index is 2.11. The van der Waals surface area contributed by atoms with Crippen molar-refractivity contribution in [2.75, 3.05) is 7.11 Å². The van der Waals surface area contributed by atoms with Crippen molar-refractivity contribution in [1.29, 1.82) is 0 Å². The van der Waals surface area contributed by atoms with Gasteiger partial charge in [0.1, 0.15) is 12.8 Å². The van der Waals surface area contributed by atoms with Gasteiger partial charge in [0.05, 0.1) is 14.3 Å². The summed E-state index contributed by atoms with van der Waals surface area (Å²) in [5.74, 6) is -2.94. The first kappa shape index (κ1) is 15.7. The number of hydrogen-bond acceptors (Lipinski definition) is 2. The van der Waals surface area contributed by atoms with Crippen LogP contribution in [0.2, 0.25) is 19.1 Å². The molecule has 0 aliphatic rings. The minimum absolute atomic E-state index is 0.192. The van der Waals surface area contributed by atoms with Crippen molar-refractivity contribution >= 4 is 13.3 Å². The largest absolute Gasteiger partial charge is 0.400 e. The molecule has 21 heavy (non-hydrogen) atoms. The van der Waals surface area contributed by atoms with E-state index in [1.165, 1.54) is 24.6 Å². The Labute approximate surface area is 124 Å². The van der Waals surface area contributed by atoms with Gasteiger partial charge in [-0.05, 0) is 12.1 Å². The Morgan fingerprint density at radius 1 is 1.19 bits per heavy atom. The van der Waals surface area contributed by atoms with E-state index in [2.05, 4.69) is 18.2 Å². The number of aromatic nitrogens is 2. The van der Waals surface area contributed by atoms with Crippen LogP contribution in [0, 0.1) is 0 Å². The molecule has 1 aromatic carbocycles. The van der Waals surface area contributed by atoms with Gasteiger partial charge in [-0.1, -0.05) is 53.5 Å².